The molecule has 0 bridgehead atoms. The van der Waals surface area contributed by atoms with Gasteiger partial charge in [-0.1, -0.05) is 0 Å². The molecule has 0 fully saturated rings. The van der Waals surface area contributed by atoms with E-state index >= 15 is 0 Å². The molecule has 1 aliphatic heterocycles. The van der Waals surface area contributed by atoms with Crippen LogP contribution in [0.2, 0.25) is 0 Å². The van der Waals surface area contributed by atoms with Gasteiger partial charge < -0.3 is 20.3 Å². The van der Waals surface area contributed by atoms with E-state index in [1.165, 1.54) is 5.56 Å². The number of ether oxygens (including phenoxy) is 1. The average Bonchev–Trinajstić information content (AvgIpc) is 2.79. The molecule has 1 aromatic heterocycles. The summed E-state index contributed by atoms with van der Waals surface area (Å²) in [6.07, 6.45) is 0.963. The van der Waals surface area contributed by atoms with E-state index in [0.717, 1.165) is 21.9 Å². The van der Waals surface area contributed by atoms with Crippen LogP contribution in [0.3, 0.4) is 0 Å². The van der Waals surface area contributed by atoms with E-state index in [-0.39, 0.29) is 12.0 Å². The van der Waals surface area contributed by atoms with Crippen molar-refractivity contribution in [2.45, 2.75) is 52.7 Å². The zero-order chi connectivity index (χ0) is 17.9. The van der Waals surface area contributed by atoms with E-state index in [1.807, 2.05) is 34.7 Å². The number of nitrogens with one attached hydrogen (secondary N) is 2. The SMILES string of the molecule is CNCCC(=O)Nc1sc2c(c1C)CCN(C(=O)OC(C)(C)C)C2. The predicted molar refractivity (Wildman–Crippen MR) is 96.6 cm³/mol. The molecule has 0 aliphatic carbocycles. The molecule has 0 aromatic carbocycles. The zero-order valence-corrected chi connectivity index (χ0v) is 15.9. The number of rotatable bonds is 4. The first-order valence-corrected chi connectivity index (χ1v) is 9.06. The Labute approximate surface area is 147 Å². The molecule has 2 N–H and O–H groups in total. The van der Waals surface area contributed by atoms with E-state index in [0.29, 0.717) is 26.1 Å². The van der Waals surface area contributed by atoms with Crippen LogP contribution in [0.4, 0.5) is 9.80 Å². The van der Waals surface area contributed by atoms with Crippen molar-refractivity contribution >= 4 is 28.3 Å². The topological polar surface area (TPSA) is 70.7 Å². The Hall–Kier alpha value is -1.60. The highest BCUT2D eigenvalue weighted by Crippen LogP contribution is 2.36. The van der Waals surface area contributed by atoms with Gasteiger partial charge in [0.15, 0.2) is 0 Å². The van der Waals surface area contributed by atoms with Crippen molar-refractivity contribution in [1.82, 2.24) is 10.2 Å². The number of hydrogen-bond donors (Lipinski definition) is 2. The lowest BCUT2D eigenvalue weighted by Gasteiger charge is -2.30. The Morgan fingerprint density at radius 1 is 1.33 bits per heavy atom. The van der Waals surface area contributed by atoms with Crippen molar-refractivity contribution in [1.29, 1.82) is 0 Å². The van der Waals surface area contributed by atoms with Gasteiger partial charge in [0.25, 0.3) is 0 Å². The van der Waals surface area contributed by atoms with Crippen molar-refractivity contribution < 1.29 is 14.3 Å². The molecule has 2 rings (SSSR count). The van der Waals surface area contributed by atoms with Gasteiger partial charge in [-0.3, -0.25) is 4.79 Å². The largest absolute Gasteiger partial charge is 0.444 e. The summed E-state index contributed by atoms with van der Waals surface area (Å²) >= 11 is 1.56. The third-order valence-corrected chi connectivity index (χ3v) is 5.06. The van der Waals surface area contributed by atoms with Crippen molar-refractivity contribution in [3.05, 3.63) is 16.0 Å². The van der Waals surface area contributed by atoms with E-state index in [2.05, 4.69) is 10.6 Å². The molecule has 134 valence electrons. The highest BCUT2D eigenvalue weighted by atomic mass is 32.1. The molecule has 0 saturated heterocycles. The molecule has 0 saturated carbocycles. The quantitative estimate of drug-likeness (QED) is 0.873. The zero-order valence-electron chi connectivity index (χ0n) is 15.1. The second kappa shape index (κ2) is 7.53. The summed E-state index contributed by atoms with van der Waals surface area (Å²) in [6.45, 7) is 9.49. The summed E-state index contributed by atoms with van der Waals surface area (Å²) in [5.41, 5.74) is 1.88. The number of carbonyl (C=O) groups excluding carboxylic acids is 2. The van der Waals surface area contributed by atoms with Crippen molar-refractivity contribution in [2.75, 3.05) is 25.5 Å². The number of fused-ring (bicyclic) bond motifs is 1. The first-order chi connectivity index (χ1) is 11.2. The average molecular weight is 353 g/mol. The number of amides is 2. The lowest BCUT2D eigenvalue weighted by molar-refractivity contribution is -0.116. The molecule has 6 nitrogen and oxygen atoms in total. The second-order valence-electron chi connectivity index (χ2n) is 7.01. The summed E-state index contributed by atoms with van der Waals surface area (Å²) in [7, 11) is 1.83. The van der Waals surface area contributed by atoms with Crippen molar-refractivity contribution in [3.63, 3.8) is 0 Å². The molecular weight excluding hydrogens is 326 g/mol. The fourth-order valence-electron chi connectivity index (χ4n) is 2.59. The molecular formula is C17H27N3O3S. The van der Waals surface area contributed by atoms with Crippen LogP contribution >= 0.6 is 11.3 Å². The molecule has 0 spiro atoms. The van der Waals surface area contributed by atoms with Gasteiger partial charge >= 0.3 is 6.09 Å². The number of nitrogens with zero attached hydrogens (tertiary/aromatic N) is 1. The van der Waals surface area contributed by atoms with Crippen LogP contribution in [-0.4, -0.2) is 42.6 Å². The minimum Gasteiger partial charge on any atom is -0.444 e. The van der Waals surface area contributed by atoms with Crippen LogP contribution in [0.25, 0.3) is 0 Å². The Morgan fingerprint density at radius 2 is 2.04 bits per heavy atom. The second-order valence-corrected chi connectivity index (χ2v) is 8.12. The lowest BCUT2D eigenvalue weighted by atomic mass is 10.0. The lowest BCUT2D eigenvalue weighted by Crippen LogP contribution is -2.39. The molecule has 2 heterocycles. The first-order valence-electron chi connectivity index (χ1n) is 8.25. The fourth-order valence-corrected chi connectivity index (χ4v) is 3.88. The number of carbonyl (C=O) groups is 2. The normalized spacial score (nSPS) is 14.3. The van der Waals surface area contributed by atoms with Gasteiger partial charge in [-0.05, 0) is 52.3 Å². The Morgan fingerprint density at radius 3 is 2.67 bits per heavy atom. The summed E-state index contributed by atoms with van der Waals surface area (Å²) in [5.74, 6) is 0.00930. The number of thiophene rings is 1. The molecule has 0 atom stereocenters. The van der Waals surface area contributed by atoms with Crippen LogP contribution < -0.4 is 10.6 Å². The van der Waals surface area contributed by atoms with Crippen LogP contribution in [0.15, 0.2) is 0 Å². The van der Waals surface area contributed by atoms with Gasteiger partial charge in [-0.2, -0.15) is 0 Å². The molecule has 0 unspecified atom stereocenters. The summed E-state index contributed by atoms with van der Waals surface area (Å²) in [6, 6.07) is 0. The maximum Gasteiger partial charge on any atom is 0.410 e. The molecule has 2 amide bonds. The maximum atomic E-state index is 12.2. The van der Waals surface area contributed by atoms with E-state index in [4.69, 9.17) is 4.74 Å². The molecule has 1 aliphatic rings. The number of anilines is 1. The minimum atomic E-state index is -0.491. The summed E-state index contributed by atoms with van der Waals surface area (Å²) in [5, 5.41) is 6.85. The first kappa shape index (κ1) is 18.7. The predicted octanol–water partition coefficient (Wildman–Crippen LogP) is 2.90. The molecule has 1 aromatic rings. The van der Waals surface area contributed by atoms with Crippen molar-refractivity contribution in [2.24, 2.45) is 0 Å². The minimum absolute atomic E-state index is 0.00930. The van der Waals surface area contributed by atoms with Crippen LogP contribution in [0.1, 0.15) is 43.2 Å². The fraction of sp³-hybridized carbons (Fsp3) is 0.647. The van der Waals surface area contributed by atoms with E-state index < -0.39 is 5.60 Å². The molecule has 24 heavy (non-hydrogen) atoms. The van der Waals surface area contributed by atoms with E-state index in [9.17, 15) is 9.59 Å². The molecule has 7 heteroatoms. The monoisotopic (exact) mass is 353 g/mol. The van der Waals surface area contributed by atoms with E-state index in [1.54, 1.807) is 16.2 Å². The standard InChI is InChI=1S/C17H27N3O3S/c1-11-12-7-9-20(16(22)23-17(2,3)4)10-13(12)24-15(11)19-14(21)6-8-18-5/h18H,6-10H2,1-5H3,(H,19,21). The van der Waals surface area contributed by atoms with Crippen molar-refractivity contribution in [3.8, 4) is 0 Å². The Kier molecular flexibility index (Phi) is 5.87. The van der Waals surface area contributed by atoms with Gasteiger partial charge in [0.05, 0.1) is 11.5 Å². The highest BCUT2D eigenvalue weighted by molar-refractivity contribution is 7.16. The van der Waals surface area contributed by atoms with Gasteiger partial charge in [0, 0.05) is 24.4 Å². The van der Waals surface area contributed by atoms with Crippen LogP contribution in [0.5, 0.6) is 0 Å². The Bertz CT molecular complexity index is 619. The van der Waals surface area contributed by atoms with Gasteiger partial charge in [-0.15, -0.1) is 11.3 Å². The van der Waals surface area contributed by atoms with Gasteiger partial charge in [-0.25, -0.2) is 4.79 Å². The van der Waals surface area contributed by atoms with Crippen LogP contribution in [0, 0.1) is 6.92 Å². The third kappa shape index (κ3) is 4.70. The smallest absolute Gasteiger partial charge is 0.410 e. The molecule has 0 radical (unpaired) electrons. The maximum absolute atomic E-state index is 12.2. The highest BCUT2D eigenvalue weighted by Gasteiger charge is 2.28. The summed E-state index contributed by atoms with van der Waals surface area (Å²) in [4.78, 5) is 27.0. The summed E-state index contributed by atoms with van der Waals surface area (Å²) < 4.78 is 5.45. The van der Waals surface area contributed by atoms with Crippen LogP contribution in [-0.2, 0) is 22.5 Å². The number of hydrogen-bond acceptors (Lipinski definition) is 5. The third-order valence-electron chi connectivity index (χ3n) is 3.83. The van der Waals surface area contributed by atoms with Gasteiger partial charge in [0.2, 0.25) is 5.91 Å². The Balaban J connectivity index is 2.05. The van der Waals surface area contributed by atoms with Gasteiger partial charge in [0.1, 0.15) is 5.60 Å².